The van der Waals surface area contributed by atoms with Crippen LogP contribution in [0.5, 0.6) is 5.75 Å². The Balaban J connectivity index is 1.81. The number of halogens is 1. The zero-order valence-electron chi connectivity index (χ0n) is 21.1. The Morgan fingerprint density at radius 3 is 2.39 bits per heavy atom. The SMILES string of the molecule is COc1ccc(/C(O)=C2/C(=O)C(=O)N(CCc3ccc(Cl)cc3)C2c2sccc2C)cc1C(C)(C)C. The van der Waals surface area contributed by atoms with Crippen molar-refractivity contribution in [3.8, 4) is 5.75 Å². The molecule has 2 heterocycles. The molecule has 0 aliphatic carbocycles. The molecular weight excluding hydrogens is 494 g/mol. The fraction of sp³-hybridized carbons (Fsp3) is 0.310. The van der Waals surface area contributed by atoms with Gasteiger partial charge in [0.15, 0.2) is 0 Å². The maximum absolute atomic E-state index is 13.4. The topological polar surface area (TPSA) is 66.8 Å². The number of thiophene rings is 1. The third kappa shape index (κ3) is 4.93. The predicted octanol–water partition coefficient (Wildman–Crippen LogP) is 6.68. The molecular formula is C29H30ClNO4S. The summed E-state index contributed by atoms with van der Waals surface area (Å²) in [5, 5.41) is 14.1. The largest absolute Gasteiger partial charge is 0.507 e. The van der Waals surface area contributed by atoms with Crippen molar-refractivity contribution in [1.82, 2.24) is 4.90 Å². The highest BCUT2D eigenvalue weighted by molar-refractivity contribution is 7.10. The maximum atomic E-state index is 13.4. The fourth-order valence-corrected chi connectivity index (χ4v) is 5.72. The van der Waals surface area contributed by atoms with E-state index in [9.17, 15) is 14.7 Å². The van der Waals surface area contributed by atoms with Gasteiger partial charge in [-0.2, -0.15) is 0 Å². The maximum Gasteiger partial charge on any atom is 0.295 e. The summed E-state index contributed by atoms with van der Waals surface area (Å²) in [6.07, 6.45) is 0.557. The minimum atomic E-state index is -0.672. The number of hydrogen-bond acceptors (Lipinski definition) is 5. The third-order valence-corrected chi connectivity index (χ3v) is 7.85. The van der Waals surface area contributed by atoms with Crippen LogP contribution in [0, 0.1) is 6.92 Å². The number of ketones is 1. The summed E-state index contributed by atoms with van der Waals surface area (Å²) in [6, 6.07) is 14.1. The van der Waals surface area contributed by atoms with E-state index in [0.29, 0.717) is 29.3 Å². The molecule has 5 nitrogen and oxygen atoms in total. The monoisotopic (exact) mass is 523 g/mol. The van der Waals surface area contributed by atoms with Gasteiger partial charge in [0.1, 0.15) is 11.5 Å². The van der Waals surface area contributed by atoms with Crippen molar-refractivity contribution in [2.24, 2.45) is 0 Å². The van der Waals surface area contributed by atoms with E-state index >= 15 is 0 Å². The van der Waals surface area contributed by atoms with Crippen molar-refractivity contribution in [2.75, 3.05) is 13.7 Å². The Morgan fingerprint density at radius 2 is 1.81 bits per heavy atom. The van der Waals surface area contributed by atoms with Crippen molar-refractivity contribution in [3.63, 3.8) is 0 Å². The zero-order valence-corrected chi connectivity index (χ0v) is 22.7. The molecule has 7 heteroatoms. The molecule has 1 aromatic heterocycles. The number of aliphatic hydroxyl groups is 1. The summed E-state index contributed by atoms with van der Waals surface area (Å²) in [5.74, 6) is -0.746. The highest BCUT2D eigenvalue weighted by Crippen LogP contribution is 2.43. The predicted molar refractivity (Wildman–Crippen MR) is 145 cm³/mol. The first-order valence-electron chi connectivity index (χ1n) is 11.8. The standard InChI is InChI=1S/C29H30ClNO4S/c1-17-13-15-36-27(17)24-23(25(32)19-8-11-22(35-5)21(16-19)29(2,3)4)26(33)28(34)31(24)14-12-18-6-9-20(30)10-7-18/h6-11,13,15-16,24,32H,12,14H2,1-5H3/b25-23-. The molecule has 0 radical (unpaired) electrons. The van der Waals surface area contributed by atoms with E-state index in [-0.39, 0.29) is 16.7 Å². The number of ether oxygens (including phenoxy) is 1. The van der Waals surface area contributed by atoms with Crippen molar-refractivity contribution in [3.05, 3.63) is 91.6 Å². The number of nitrogens with zero attached hydrogens (tertiary/aromatic N) is 1. The van der Waals surface area contributed by atoms with Crippen LogP contribution in [0.2, 0.25) is 5.02 Å². The molecule has 1 atom stereocenters. The van der Waals surface area contributed by atoms with E-state index in [2.05, 4.69) is 20.8 Å². The van der Waals surface area contributed by atoms with Crippen LogP contribution in [0.15, 0.2) is 59.5 Å². The van der Waals surface area contributed by atoms with Crippen molar-refractivity contribution in [2.45, 2.75) is 45.6 Å². The first-order chi connectivity index (χ1) is 17.0. The van der Waals surface area contributed by atoms with Crippen LogP contribution in [0.1, 0.15) is 53.9 Å². The lowest BCUT2D eigenvalue weighted by molar-refractivity contribution is -0.139. The van der Waals surface area contributed by atoms with E-state index in [1.807, 2.05) is 48.7 Å². The van der Waals surface area contributed by atoms with Crippen LogP contribution in [0.25, 0.3) is 5.76 Å². The number of hydrogen-bond donors (Lipinski definition) is 1. The summed E-state index contributed by atoms with van der Waals surface area (Å²) in [6.45, 7) is 8.45. The molecule has 2 aromatic carbocycles. The number of methoxy groups -OCH3 is 1. The van der Waals surface area contributed by atoms with Gasteiger partial charge in [0, 0.05) is 27.6 Å². The van der Waals surface area contributed by atoms with Gasteiger partial charge in [0.25, 0.3) is 11.7 Å². The molecule has 1 fully saturated rings. The average molecular weight is 524 g/mol. The van der Waals surface area contributed by atoms with Crippen molar-refractivity contribution in [1.29, 1.82) is 0 Å². The lowest BCUT2D eigenvalue weighted by atomic mass is 9.84. The van der Waals surface area contributed by atoms with Gasteiger partial charge in [-0.25, -0.2) is 0 Å². The van der Waals surface area contributed by atoms with E-state index < -0.39 is 17.7 Å². The lowest BCUT2D eigenvalue weighted by Crippen LogP contribution is -2.31. The summed E-state index contributed by atoms with van der Waals surface area (Å²) in [5.41, 5.74) is 3.22. The fourth-order valence-electron chi connectivity index (χ4n) is 4.55. The number of aryl methyl sites for hydroxylation is 1. The van der Waals surface area contributed by atoms with Crippen LogP contribution in [0.3, 0.4) is 0 Å². The molecule has 1 saturated heterocycles. The summed E-state index contributed by atoms with van der Waals surface area (Å²) in [7, 11) is 1.61. The number of amides is 1. The number of rotatable bonds is 6. The van der Waals surface area contributed by atoms with Gasteiger partial charge in [-0.15, -0.1) is 11.3 Å². The lowest BCUT2D eigenvalue weighted by Gasteiger charge is -2.25. The number of Topliss-reactive ketones (excluding diaryl/α,β-unsaturated/α-hetero) is 1. The summed E-state index contributed by atoms with van der Waals surface area (Å²) >= 11 is 7.49. The highest BCUT2D eigenvalue weighted by Gasteiger charge is 2.46. The van der Waals surface area contributed by atoms with Gasteiger partial charge in [-0.3, -0.25) is 9.59 Å². The Morgan fingerprint density at radius 1 is 1.11 bits per heavy atom. The van der Waals surface area contributed by atoms with Crippen LogP contribution in [-0.2, 0) is 21.4 Å². The molecule has 4 rings (SSSR count). The highest BCUT2D eigenvalue weighted by atomic mass is 35.5. The van der Waals surface area contributed by atoms with Gasteiger partial charge < -0.3 is 14.7 Å². The van der Waals surface area contributed by atoms with Gasteiger partial charge >= 0.3 is 0 Å². The first kappa shape index (κ1) is 26.0. The molecule has 188 valence electrons. The molecule has 36 heavy (non-hydrogen) atoms. The Kier molecular flexibility index (Phi) is 7.30. The quantitative estimate of drug-likeness (QED) is 0.222. The Labute approximate surface area is 221 Å². The van der Waals surface area contributed by atoms with Gasteiger partial charge in [-0.1, -0.05) is 44.5 Å². The minimum Gasteiger partial charge on any atom is -0.507 e. The Bertz CT molecular complexity index is 1330. The molecule has 1 aliphatic rings. The Hall–Kier alpha value is -3.09. The van der Waals surface area contributed by atoms with E-state index in [0.717, 1.165) is 21.6 Å². The van der Waals surface area contributed by atoms with Crippen LogP contribution in [0.4, 0.5) is 0 Å². The minimum absolute atomic E-state index is 0.117. The molecule has 1 unspecified atom stereocenters. The molecule has 0 bridgehead atoms. The van der Waals surface area contributed by atoms with Crippen LogP contribution >= 0.6 is 22.9 Å². The van der Waals surface area contributed by atoms with Crippen LogP contribution in [-0.4, -0.2) is 35.4 Å². The zero-order chi connectivity index (χ0) is 26.2. The second-order valence-corrected chi connectivity index (χ2v) is 11.4. The number of benzene rings is 2. The molecule has 1 aliphatic heterocycles. The van der Waals surface area contributed by atoms with E-state index in [1.54, 1.807) is 24.1 Å². The smallest absolute Gasteiger partial charge is 0.295 e. The molecule has 1 amide bonds. The second kappa shape index (κ2) is 10.1. The number of likely N-dealkylation sites (tertiary alicyclic amines) is 1. The van der Waals surface area contributed by atoms with Gasteiger partial charge in [-0.05, 0) is 71.7 Å². The average Bonchev–Trinajstić information content (AvgIpc) is 3.37. The van der Waals surface area contributed by atoms with E-state index in [1.165, 1.54) is 11.3 Å². The second-order valence-electron chi connectivity index (χ2n) is 10.0. The molecule has 0 saturated carbocycles. The number of carbonyl (C=O) groups excluding carboxylic acids is 2. The van der Waals surface area contributed by atoms with Gasteiger partial charge in [0.05, 0.1) is 18.7 Å². The van der Waals surface area contributed by atoms with E-state index in [4.69, 9.17) is 16.3 Å². The van der Waals surface area contributed by atoms with Crippen LogP contribution < -0.4 is 4.74 Å². The van der Waals surface area contributed by atoms with Gasteiger partial charge in [0.2, 0.25) is 0 Å². The molecule has 3 aromatic rings. The number of carbonyl (C=O) groups is 2. The summed E-state index contributed by atoms with van der Waals surface area (Å²) < 4.78 is 5.53. The summed E-state index contributed by atoms with van der Waals surface area (Å²) in [4.78, 5) is 29.1. The first-order valence-corrected chi connectivity index (χ1v) is 13.0. The third-order valence-electron chi connectivity index (χ3n) is 6.53. The van der Waals surface area contributed by atoms with Crippen molar-refractivity contribution >= 4 is 40.4 Å². The number of aliphatic hydroxyl groups excluding tert-OH is 1. The van der Waals surface area contributed by atoms with Crippen molar-refractivity contribution < 1.29 is 19.4 Å². The normalized spacial score (nSPS) is 17.6. The molecule has 1 N–H and O–H groups in total. The molecule has 0 spiro atoms.